The van der Waals surface area contributed by atoms with Crippen molar-refractivity contribution in [2.75, 3.05) is 39.5 Å². The van der Waals surface area contributed by atoms with Crippen LogP contribution in [-0.4, -0.2) is 71.6 Å². The minimum atomic E-state index is -1.79. The normalized spacial score (nSPS) is 22.7. The van der Waals surface area contributed by atoms with Gasteiger partial charge in [-0.15, -0.1) is 0 Å². The molecule has 0 radical (unpaired) electrons. The Labute approximate surface area is 213 Å². The molecule has 2 aliphatic rings. The fraction of sp³-hybridized carbons (Fsp3) is 0.500. The first-order chi connectivity index (χ1) is 17.8. The molecule has 5 rings (SSSR count). The highest BCUT2D eigenvalue weighted by atomic mass is 19.2. The third-order valence-electron chi connectivity index (χ3n) is 7.85. The zero-order chi connectivity index (χ0) is 26.3. The van der Waals surface area contributed by atoms with E-state index in [0.717, 1.165) is 28.6 Å². The number of rotatable bonds is 9. The second kappa shape index (κ2) is 10.7. The van der Waals surface area contributed by atoms with Gasteiger partial charge in [-0.3, -0.25) is 9.29 Å². The Morgan fingerprint density at radius 2 is 1.81 bits per heavy atom. The number of H-pyrrole nitrogens is 1. The SMILES string of the molecule is C[C@@H]1Cc2c([nH]c3ccccc23)C(c2c(F)cc([C@@H](O)C3CN(CCCF)C3)cc2F)N1C[C@H](F)CF. The molecule has 1 saturated heterocycles. The average Bonchev–Trinajstić information content (AvgIpc) is 3.22. The van der Waals surface area contributed by atoms with Crippen molar-refractivity contribution in [3.05, 3.63) is 70.4 Å². The summed E-state index contributed by atoms with van der Waals surface area (Å²) in [5, 5.41) is 11.7. The maximum Gasteiger partial charge on any atom is 0.141 e. The van der Waals surface area contributed by atoms with Gasteiger partial charge in [0.05, 0.1) is 18.8 Å². The highest BCUT2D eigenvalue weighted by molar-refractivity contribution is 5.85. The number of likely N-dealkylation sites (tertiary alicyclic amines) is 1. The van der Waals surface area contributed by atoms with Crippen LogP contribution in [0, 0.1) is 17.6 Å². The van der Waals surface area contributed by atoms with Crippen LogP contribution in [0.2, 0.25) is 0 Å². The summed E-state index contributed by atoms with van der Waals surface area (Å²) >= 11 is 0. The number of nitrogens with one attached hydrogen (secondary N) is 1. The molecule has 2 aliphatic heterocycles. The molecule has 3 aromatic rings. The minimum Gasteiger partial charge on any atom is -0.388 e. The molecule has 4 atom stereocenters. The van der Waals surface area contributed by atoms with Crippen LogP contribution in [0.5, 0.6) is 0 Å². The van der Waals surface area contributed by atoms with E-state index in [0.29, 0.717) is 38.2 Å². The van der Waals surface area contributed by atoms with Crippen molar-refractivity contribution in [1.29, 1.82) is 0 Å². The molecule has 9 heteroatoms. The molecule has 0 aliphatic carbocycles. The molecular weight excluding hydrogens is 489 g/mol. The van der Waals surface area contributed by atoms with Crippen LogP contribution in [0.4, 0.5) is 22.0 Å². The van der Waals surface area contributed by atoms with Crippen molar-refractivity contribution in [3.63, 3.8) is 0 Å². The molecule has 1 aromatic heterocycles. The van der Waals surface area contributed by atoms with Gasteiger partial charge in [-0.25, -0.2) is 17.6 Å². The summed E-state index contributed by atoms with van der Waals surface area (Å²) in [5.41, 5.74) is 2.17. The molecule has 1 fully saturated rings. The number of fused-ring (bicyclic) bond motifs is 3. The number of aromatic amines is 1. The number of aromatic nitrogens is 1. The molecule has 37 heavy (non-hydrogen) atoms. The minimum absolute atomic E-state index is 0.133. The Kier molecular flexibility index (Phi) is 7.56. The van der Waals surface area contributed by atoms with Crippen LogP contribution in [0.25, 0.3) is 10.9 Å². The van der Waals surface area contributed by atoms with Crippen LogP contribution in [0.3, 0.4) is 0 Å². The van der Waals surface area contributed by atoms with Gasteiger partial charge in [0.25, 0.3) is 0 Å². The molecule has 200 valence electrons. The van der Waals surface area contributed by atoms with Crippen LogP contribution in [0.15, 0.2) is 36.4 Å². The number of halogens is 5. The fourth-order valence-electron chi connectivity index (χ4n) is 5.96. The summed E-state index contributed by atoms with van der Waals surface area (Å²) in [6.07, 6.45) is -1.92. The second-order valence-electron chi connectivity index (χ2n) is 10.4. The van der Waals surface area contributed by atoms with Crippen molar-refractivity contribution in [2.45, 2.75) is 44.1 Å². The number of hydrogen-bond donors (Lipinski definition) is 2. The van der Waals surface area contributed by atoms with Crippen molar-refractivity contribution in [3.8, 4) is 0 Å². The van der Waals surface area contributed by atoms with Gasteiger partial charge in [0.2, 0.25) is 0 Å². The van der Waals surface area contributed by atoms with Gasteiger partial charge >= 0.3 is 0 Å². The van der Waals surface area contributed by atoms with Gasteiger partial charge < -0.3 is 15.0 Å². The predicted molar refractivity (Wildman–Crippen MR) is 133 cm³/mol. The van der Waals surface area contributed by atoms with E-state index in [9.17, 15) is 18.3 Å². The predicted octanol–water partition coefficient (Wildman–Crippen LogP) is 5.41. The number of benzene rings is 2. The summed E-state index contributed by atoms with van der Waals surface area (Å²) in [4.78, 5) is 6.89. The molecule has 0 spiro atoms. The lowest BCUT2D eigenvalue weighted by Crippen LogP contribution is -2.49. The lowest BCUT2D eigenvalue weighted by molar-refractivity contribution is -0.00641. The van der Waals surface area contributed by atoms with Gasteiger partial charge in [0.1, 0.15) is 24.5 Å². The highest BCUT2D eigenvalue weighted by Gasteiger charge is 2.40. The Morgan fingerprint density at radius 1 is 1.11 bits per heavy atom. The fourth-order valence-corrected chi connectivity index (χ4v) is 5.96. The summed E-state index contributed by atoms with van der Waals surface area (Å²) in [5.74, 6) is -1.88. The molecule has 2 aromatic carbocycles. The van der Waals surface area contributed by atoms with Crippen LogP contribution in [0.1, 0.15) is 47.9 Å². The van der Waals surface area contributed by atoms with E-state index in [2.05, 4.69) is 4.98 Å². The molecule has 3 heterocycles. The lowest BCUT2D eigenvalue weighted by Gasteiger charge is -2.42. The lowest BCUT2D eigenvalue weighted by atomic mass is 9.85. The van der Waals surface area contributed by atoms with Gasteiger partial charge in [-0.05, 0) is 49.1 Å². The molecule has 4 nitrogen and oxygen atoms in total. The number of aliphatic hydroxyl groups is 1. The summed E-state index contributed by atoms with van der Waals surface area (Å²) < 4.78 is 71.4. The second-order valence-corrected chi connectivity index (χ2v) is 10.4. The van der Waals surface area contributed by atoms with E-state index in [-0.39, 0.29) is 29.6 Å². The maximum absolute atomic E-state index is 15.7. The zero-order valence-electron chi connectivity index (χ0n) is 20.7. The first-order valence-corrected chi connectivity index (χ1v) is 12.8. The smallest absolute Gasteiger partial charge is 0.141 e. The topological polar surface area (TPSA) is 42.5 Å². The highest BCUT2D eigenvalue weighted by Crippen LogP contribution is 2.43. The molecule has 2 N–H and O–H groups in total. The number of hydrogen-bond acceptors (Lipinski definition) is 3. The largest absolute Gasteiger partial charge is 0.388 e. The first kappa shape index (κ1) is 26.1. The van der Waals surface area contributed by atoms with Crippen molar-refractivity contribution in [1.82, 2.24) is 14.8 Å². The summed E-state index contributed by atoms with van der Waals surface area (Å²) in [7, 11) is 0. The van der Waals surface area contributed by atoms with Crippen molar-refractivity contribution in [2.24, 2.45) is 5.92 Å². The number of para-hydroxylation sites is 1. The van der Waals surface area contributed by atoms with E-state index < -0.39 is 43.3 Å². The Balaban J connectivity index is 1.51. The van der Waals surface area contributed by atoms with E-state index >= 15 is 8.78 Å². The monoisotopic (exact) mass is 521 g/mol. The zero-order valence-corrected chi connectivity index (χ0v) is 20.7. The van der Waals surface area contributed by atoms with E-state index in [1.807, 2.05) is 36.1 Å². The van der Waals surface area contributed by atoms with E-state index in [1.54, 1.807) is 4.90 Å². The standard InChI is InChI=1S/C28H32F5N3O/c1-16-9-21-20-5-2-3-6-24(20)34-26(21)27(36(16)15-19(31)12-30)25-22(32)10-17(11-23(25)33)28(37)18-13-35(14-18)8-4-7-29/h2-3,5-6,10-11,16,18-19,27-28,34,37H,4,7-9,12-15H2,1H3/t16-,19-,27?,28-/m1/s1. The number of alkyl halides is 3. The third kappa shape index (κ3) is 4.89. The quantitative estimate of drug-likeness (QED) is 0.370. The number of nitrogens with zero attached hydrogens (tertiary/aromatic N) is 2. The third-order valence-corrected chi connectivity index (χ3v) is 7.85. The summed E-state index contributed by atoms with van der Waals surface area (Å²) in [6, 6.07) is 8.58. The van der Waals surface area contributed by atoms with Gasteiger partial charge in [0.15, 0.2) is 0 Å². The van der Waals surface area contributed by atoms with Crippen molar-refractivity contribution < 1.29 is 27.1 Å². The maximum atomic E-state index is 15.7. The van der Waals surface area contributed by atoms with E-state index in [1.165, 1.54) is 0 Å². The molecule has 0 amide bonds. The molecular formula is C28H32F5N3O. The Morgan fingerprint density at radius 3 is 2.49 bits per heavy atom. The Bertz CT molecular complexity index is 1220. The van der Waals surface area contributed by atoms with Crippen molar-refractivity contribution >= 4 is 10.9 Å². The van der Waals surface area contributed by atoms with Crippen LogP contribution in [-0.2, 0) is 6.42 Å². The molecule has 0 bridgehead atoms. The van der Waals surface area contributed by atoms with Gasteiger partial charge in [-0.2, -0.15) is 0 Å². The first-order valence-electron chi connectivity index (χ1n) is 12.8. The van der Waals surface area contributed by atoms with E-state index in [4.69, 9.17) is 0 Å². The average molecular weight is 522 g/mol. The molecule has 1 unspecified atom stereocenters. The Hall–Kier alpha value is -2.49. The van der Waals surface area contributed by atoms with Gasteiger partial charge in [-0.1, -0.05) is 18.2 Å². The van der Waals surface area contributed by atoms with Crippen LogP contribution < -0.4 is 0 Å². The van der Waals surface area contributed by atoms with Crippen LogP contribution >= 0.6 is 0 Å². The number of aliphatic hydroxyl groups excluding tert-OH is 1. The molecule has 0 saturated carbocycles. The summed E-state index contributed by atoms with van der Waals surface area (Å²) in [6.45, 7) is 1.58. The van der Waals surface area contributed by atoms with Gasteiger partial charge in [0, 0.05) is 60.3 Å².